The molecule has 0 amide bonds. The Hall–Kier alpha value is 0.0249. The number of nitrogens with one attached hydrogen (secondary N) is 1. The summed E-state index contributed by atoms with van der Waals surface area (Å²) in [6.45, 7) is 3.08. The van der Waals surface area contributed by atoms with E-state index >= 15 is 0 Å². The van der Waals surface area contributed by atoms with E-state index in [1.807, 2.05) is 0 Å². The molecule has 0 aliphatic rings. The van der Waals surface area contributed by atoms with Gasteiger partial charge in [0.15, 0.2) is 7.98 Å². The highest BCUT2D eigenvalue weighted by molar-refractivity contribution is 6.04. The van der Waals surface area contributed by atoms with Gasteiger partial charge in [0.2, 0.25) is 0 Å². The highest BCUT2D eigenvalue weighted by atomic mass is 14.7. The summed E-state index contributed by atoms with van der Waals surface area (Å²) in [7, 11) is 4.96. The summed E-state index contributed by atoms with van der Waals surface area (Å²) in [4.78, 5) is 0. The maximum absolute atomic E-state index is 4.96. The molecule has 2 radical (unpaired) electrons. The molecule has 0 saturated heterocycles. The molecule has 0 fully saturated rings. The maximum atomic E-state index is 4.96. The number of unbranched alkanes of at least 4 members (excludes halogenated alkanes) is 1. The van der Waals surface area contributed by atoms with E-state index in [4.69, 9.17) is 7.98 Å². The van der Waals surface area contributed by atoms with Crippen LogP contribution in [0.25, 0.3) is 0 Å². The van der Waals surface area contributed by atoms with Crippen molar-refractivity contribution in [2.24, 2.45) is 0 Å². The van der Waals surface area contributed by atoms with Crippen LogP contribution in [0.2, 0.25) is 0 Å². The summed E-state index contributed by atoms with van der Waals surface area (Å²) in [6, 6.07) is 0. The minimum absolute atomic E-state index is 0.941. The summed E-state index contributed by atoms with van der Waals surface area (Å²) < 4.78 is 0. The lowest BCUT2D eigenvalue weighted by molar-refractivity contribution is 0.771. The second kappa shape index (κ2) is 5.02. The van der Waals surface area contributed by atoms with Crippen molar-refractivity contribution in [1.82, 2.24) is 5.23 Å². The van der Waals surface area contributed by atoms with Crippen LogP contribution < -0.4 is 5.23 Å². The number of hydrogen-bond donors (Lipinski definition) is 1. The lowest BCUT2D eigenvalue weighted by Crippen LogP contribution is -2.08. The molecular formula is C4H10BN. The van der Waals surface area contributed by atoms with Crippen molar-refractivity contribution in [1.29, 1.82) is 0 Å². The van der Waals surface area contributed by atoms with E-state index in [0.717, 1.165) is 6.54 Å². The van der Waals surface area contributed by atoms with E-state index in [1.165, 1.54) is 12.8 Å². The first-order valence-corrected chi connectivity index (χ1v) is 2.35. The number of rotatable bonds is 3. The first kappa shape index (κ1) is 6.02. The SMILES string of the molecule is [B]NCCCC. The van der Waals surface area contributed by atoms with Crippen molar-refractivity contribution in [3.8, 4) is 0 Å². The Labute approximate surface area is 40.6 Å². The molecule has 0 aliphatic carbocycles. The fourth-order valence-electron chi connectivity index (χ4n) is 0.279. The zero-order valence-corrected chi connectivity index (χ0v) is 4.20. The van der Waals surface area contributed by atoms with Crippen LogP contribution in [0.1, 0.15) is 19.8 Å². The Morgan fingerprint density at radius 1 is 1.67 bits per heavy atom. The van der Waals surface area contributed by atoms with E-state index in [0.29, 0.717) is 0 Å². The molecule has 0 saturated carbocycles. The standard InChI is InChI=1S/C4H10BN/c1-2-3-4-6-5/h6H,2-4H2,1H3. The molecule has 6 heavy (non-hydrogen) atoms. The summed E-state index contributed by atoms with van der Waals surface area (Å²) >= 11 is 0. The molecule has 0 unspecified atom stereocenters. The smallest absolute Gasteiger partial charge is 0.177 e. The number of hydrogen-bond acceptors (Lipinski definition) is 1. The van der Waals surface area contributed by atoms with Crippen LogP contribution in [0.3, 0.4) is 0 Å². The van der Waals surface area contributed by atoms with Crippen LogP contribution in [0.5, 0.6) is 0 Å². The van der Waals surface area contributed by atoms with Crippen LogP contribution >= 0.6 is 0 Å². The predicted molar refractivity (Wildman–Crippen MR) is 28.7 cm³/mol. The normalized spacial score (nSPS) is 8.83. The Morgan fingerprint density at radius 2 is 2.33 bits per heavy atom. The molecule has 0 aromatic rings. The van der Waals surface area contributed by atoms with E-state index < -0.39 is 0 Å². The minimum atomic E-state index is 0.941. The molecule has 0 heterocycles. The van der Waals surface area contributed by atoms with Crippen molar-refractivity contribution in [2.45, 2.75) is 19.8 Å². The van der Waals surface area contributed by atoms with Crippen LogP contribution in [-0.4, -0.2) is 14.5 Å². The Balaban J connectivity index is 2.34. The monoisotopic (exact) mass is 83.1 g/mol. The van der Waals surface area contributed by atoms with Crippen molar-refractivity contribution < 1.29 is 0 Å². The van der Waals surface area contributed by atoms with Crippen LogP contribution in [0.15, 0.2) is 0 Å². The molecule has 2 heteroatoms. The third kappa shape index (κ3) is 4.02. The molecule has 0 aliphatic heterocycles. The first-order valence-electron chi connectivity index (χ1n) is 2.35. The van der Waals surface area contributed by atoms with Crippen molar-refractivity contribution in [3.05, 3.63) is 0 Å². The van der Waals surface area contributed by atoms with Crippen molar-refractivity contribution >= 4 is 7.98 Å². The van der Waals surface area contributed by atoms with Gasteiger partial charge in [-0.05, 0) is 13.0 Å². The summed E-state index contributed by atoms with van der Waals surface area (Å²) in [5, 5.41) is 2.57. The van der Waals surface area contributed by atoms with Gasteiger partial charge in [0.25, 0.3) is 0 Å². The molecule has 0 spiro atoms. The summed E-state index contributed by atoms with van der Waals surface area (Å²) in [5.74, 6) is 0. The fourth-order valence-corrected chi connectivity index (χ4v) is 0.279. The fraction of sp³-hybridized carbons (Fsp3) is 1.00. The van der Waals surface area contributed by atoms with Crippen molar-refractivity contribution in [2.75, 3.05) is 6.54 Å². The first-order chi connectivity index (χ1) is 2.91. The highest BCUT2D eigenvalue weighted by Crippen LogP contribution is 1.79. The van der Waals surface area contributed by atoms with Crippen molar-refractivity contribution in [3.63, 3.8) is 0 Å². The molecular weight excluding hydrogens is 72.9 g/mol. The van der Waals surface area contributed by atoms with Gasteiger partial charge in [-0.3, -0.25) is 0 Å². The average Bonchev–Trinajstić information content (AvgIpc) is 1.61. The van der Waals surface area contributed by atoms with Gasteiger partial charge >= 0.3 is 0 Å². The van der Waals surface area contributed by atoms with Gasteiger partial charge in [0, 0.05) is 0 Å². The molecule has 34 valence electrons. The molecule has 0 rings (SSSR count). The van der Waals surface area contributed by atoms with Crippen LogP contribution in [0, 0.1) is 0 Å². The van der Waals surface area contributed by atoms with E-state index in [9.17, 15) is 0 Å². The Bertz CT molecular complexity index is 19.5. The van der Waals surface area contributed by atoms with Gasteiger partial charge in [-0.2, -0.15) is 0 Å². The molecule has 0 bridgehead atoms. The summed E-state index contributed by atoms with van der Waals surface area (Å²) in [5.41, 5.74) is 0. The van der Waals surface area contributed by atoms with Gasteiger partial charge in [0.05, 0.1) is 0 Å². The van der Waals surface area contributed by atoms with Gasteiger partial charge < -0.3 is 5.23 Å². The topological polar surface area (TPSA) is 12.0 Å². The average molecular weight is 82.9 g/mol. The van der Waals surface area contributed by atoms with E-state index in [-0.39, 0.29) is 0 Å². The van der Waals surface area contributed by atoms with E-state index in [1.54, 1.807) is 0 Å². The van der Waals surface area contributed by atoms with Gasteiger partial charge in [0.1, 0.15) is 0 Å². The molecule has 0 aromatic heterocycles. The molecule has 0 aromatic carbocycles. The quantitative estimate of drug-likeness (QED) is 0.386. The summed E-state index contributed by atoms with van der Waals surface area (Å²) in [6.07, 6.45) is 2.39. The predicted octanol–water partition coefficient (Wildman–Crippen LogP) is 0.460. The molecule has 1 N–H and O–H groups in total. The lowest BCUT2D eigenvalue weighted by atomic mass is 10.3. The second-order valence-corrected chi connectivity index (χ2v) is 1.31. The van der Waals surface area contributed by atoms with Gasteiger partial charge in [-0.15, -0.1) is 0 Å². The van der Waals surface area contributed by atoms with Crippen LogP contribution in [-0.2, 0) is 0 Å². The van der Waals surface area contributed by atoms with Gasteiger partial charge in [-0.25, -0.2) is 0 Å². The third-order valence-electron chi connectivity index (χ3n) is 0.675. The molecule has 0 atom stereocenters. The van der Waals surface area contributed by atoms with Crippen LogP contribution in [0.4, 0.5) is 0 Å². The van der Waals surface area contributed by atoms with Gasteiger partial charge in [-0.1, -0.05) is 13.3 Å². The Morgan fingerprint density at radius 3 is 2.50 bits per heavy atom. The highest BCUT2D eigenvalue weighted by Gasteiger charge is 1.73. The largest absolute Gasteiger partial charge is 0.366 e. The molecule has 1 nitrogen and oxygen atoms in total. The maximum Gasteiger partial charge on any atom is 0.177 e. The zero-order valence-electron chi connectivity index (χ0n) is 4.20. The van der Waals surface area contributed by atoms with E-state index in [2.05, 4.69) is 12.2 Å². The second-order valence-electron chi connectivity index (χ2n) is 1.31. The third-order valence-corrected chi connectivity index (χ3v) is 0.675. The lowest BCUT2D eigenvalue weighted by Gasteiger charge is -1.90. The minimum Gasteiger partial charge on any atom is -0.366 e. The zero-order chi connectivity index (χ0) is 4.83. The Kier molecular flexibility index (Phi) is 5.05.